The molecule has 1 saturated carbocycles. The maximum Gasteiger partial charge on any atom is 0.264 e. The number of nitrogens with one attached hydrogen (secondary N) is 1. The van der Waals surface area contributed by atoms with Crippen LogP contribution in [0.5, 0.6) is 5.75 Å². The minimum Gasteiger partial charge on any atom is -0.490 e. The summed E-state index contributed by atoms with van der Waals surface area (Å²) < 4.78 is 42.1. The Hall–Kier alpha value is -2.55. The molecule has 43 heavy (non-hydrogen) atoms. The van der Waals surface area contributed by atoms with Crippen molar-refractivity contribution in [1.29, 1.82) is 0 Å². The molecular weight excluding hydrogens is 584 g/mol. The van der Waals surface area contributed by atoms with Crippen LogP contribution < -0.4 is 14.4 Å². The highest BCUT2D eigenvalue weighted by atomic mass is 35.5. The van der Waals surface area contributed by atoms with E-state index in [9.17, 15) is 13.2 Å². The van der Waals surface area contributed by atoms with Crippen molar-refractivity contribution in [2.75, 3.05) is 31.7 Å². The van der Waals surface area contributed by atoms with E-state index in [4.69, 9.17) is 21.1 Å². The fourth-order valence-corrected chi connectivity index (χ4v) is 8.87. The van der Waals surface area contributed by atoms with Crippen LogP contribution in [-0.2, 0) is 31.4 Å². The first-order chi connectivity index (χ1) is 20.5. The van der Waals surface area contributed by atoms with Gasteiger partial charge in [-0.05, 0) is 105 Å². The van der Waals surface area contributed by atoms with E-state index in [-0.39, 0.29) is 16.4 Å². The number of allylic oxidation sites excluding steroid dienone is 1. The van der Waals surface area contributed by atoms with Gasteiger partial charge in [0.25, 0.3) is 10.0 Å². The highest BCUT2D eigenvalue weighted by Crippen LogP contribution is 2.47. The van der Waals surface area contributed by atoms with Crippen LogP contribution >= 0.6 is 11.6 Å². The summed E-state index contributed by atoms with van der Waals surface area (Å²) in [6, 6.07) is 11.2. The molecular formula is C34H43ClN2O5S. The summed E-state index contributed by atoms with van der Waals surface area (Å²) in [6.45, 7) is 5.57. The number of fused-ring (bicyclic) bond motifs is 4. The molecule has 0 unspecified atom stereocenters. The van der Waals surface area contributed by atoms with E-state index >= 15 is 0 Å². The predicted octanol–water partition coefficient (Wildman–Crippen LogP) is 6.43. The molecule has 6 rings (SSSR count). The molecule has 2 heterocycles. The number of carbonyl (C=O) groups is 1. The summed E-state index contributed by atoms with van der Waals surface area (Å²) in [6.07, 6.45) is 11.7. The zero-order valence-electron chi connectivity index (χ0n) is 25.4. The van der Waals surface area contributed by atoms with Gasteiger partial charge in [-0.2, -0.15) is 0 Å². The van der Waals surface area contributed by atoms with Crippen LogP contribution in [0.4, 0.5) is 5.69 Å². The Balaban J connectivity index is 1.44. The lowest BCUT2D eigenvalue weighted by atomic mass is 9.68. The van der Waals surface area contributed by atoms with E-state index in [2.05, 4.69) is 33.9 Å². The van der Waals surface area contributed by atoms with Gasteiger partial charge in [0.1, 0.15) is 5.75 Å². The summed E-state index contributed by atoms with van der Waals surface area (Å²) >= 11 is 6.41. The second kappa shape index (κ2) is 11.8. The second-order valence-corrected chi connectivity index (χ2v) is 15.7. The number of nitrogens with zero attached hydrogens (tertiary/aromatic N) is 1. The molecule has 1 fully saturated rings. The molecule has 2 bridgehead atoms. The number of rotatable bonds is 1. The molecule has 1 spiro atoms. The Bertz CT molecular complexity index is 1520. The first-order valence-electron chi connectivity index (χ1n) is 15.6. The number of anilines is 1. The summed E-state index contributed by atoms with van der Waals surface area (Å²) in [5.74, 6) is 0.943. The predicted molar refractivity (Wildman–Crippen MR) is 169 cm³/mol. The molecule has 2 aromatic carbocycles. The number of halogens is 1. The summed E-state index contributed by atoms with van der Waals surface area (Å²) in [5, 5.41) is 0.741. The van der Waals surface area contributed by atoms with Crippen molar-refractivity contribution in [3.05, 3.63) is 64.7 Å². The van der Waals surface area contributed by atoms with E-state index in [1.807, 2.05) is 6.07 Å². The molecule has 7 nitrogen and oxygen atoms in total. The number of hydrogen-bond acceptors (Lipinski definition) is 6. The van der Waals surface area contributed by atoms with Crippen LogP contribution in [0.1, 0.15) is 69.9 Å². The van der Waals surface area contributed by atoms with Crippen molar-refractivity contribution >= 4 is 33.2 Å². The molecule has 0 aromatic heterocycles. The number of ether oxygens (including phenoxy) is 2. The van der Waals surface area contributed by atoms with E-state index in [1.54, 1.807) is 39.2 Å². The van der Waals surface area contributed by atoms with E-state index in [0.29, 0.717) is 37.2 Å². The summed E-state index contributed by atoms with van der Waals surface area (Å²) in [4.78, 5) is 15.6. The average Bonchev–Trinajstić information content (AvgIpc) is 3.10. The van der Waals surface area contributed by atoms with Crippen molar-refractivity contribution in [2.24, 2.45) is 17.3 Å². The third-order valence-electron chi connectivity index (χ3n) is 10.3. The third-order valence-corrected chi connectivity index (χ3v) is 11.8. The van der Waals surface area contributed by atoms with Crippen LogP contribution in [0, 0.1) is 17.3 Å². The minimum atomic E-state index is -4.09. The number of amides is 1. The first-order valence-corrected chi connectivity index (χ1v) is 17.4. The molecule has 2 aliphatic heterocycles. The monoisotopic (exact) mass is 626 g/mol. The smallest absolute Gasteiger partial charge is 0.264 e. The Morgan fingerprint density at radius 3 is 2.70 bits per heavy atom. The number of sulfonamides is 1. The third kappa shape index (κ3) is 5.95. The van der Waals surface area contributed by atoms with E-state index < -0.39 is 21.3 Å². The molecule has 1 amide bonds. The highest BCUT2D eigenvalue weighted by Gasteiger charge is 2.44. The van der Waals surface area contributed by atoms with Crippen LogP contribution in [-0.4, -0.2) is 47.2 Å². The van der Waals surface area contributed by atoms with Gasteiger partial charge in [0.2, 0.25) is 5.91 Å². The Kier molecular flexibility index (Phi) is 8.33. The topological polar surface area (TPSA) is 84.9 Å². The Morgan fingerprint density at radius 1 is 1.09 bits per heavy atom. The van der Waals surface area contributed by atoms with Crippen LogP contribution in [0.2, 0.25) is 5.02 Å². The molecule has 2 aromatic rings. The number of aryl methyl sites for hydroxylation is 1. The SMILES string of the molecule is CO[C@@H]1/C=C/CCCC(C)(C)C(=O)NS(=O)(=O)c2ccc3c(c2)N(C[C@@H]2CC[C@H]21)C[C@@]1(CCCc2cc(Cl)ccc21)CO3. The lowest BCUT2D eigenvalue weighted by Gasteiger charge is -2.46. The standard InChI is InChI=1S/C34H43ClN2O5S/c1-33(2)16-6-4-5-9-30(41-3)27-13-10-24(27)20-37-21-34(17-7-8-23-18-25(35)11-14-28(23)34)22-42-31-15-12-26(19-29(31)37)43(39,40)36-32(33)38/h5,9,11-12,14-15,18-19,24,27,30H,4,6-8,10,13,16-17,20-22H2,1-3H3,(H,36,38)/b9-5+/t24-,27+,30+,34-/m0/s1. The van der Waals surface area contributed by atoms with Crippen LogP contribution in [0.15, 0.2) is 53.4 Å². The van der Waals surface area contributed by atoms with Crippen molar-refractivity contribution in [1.82, 2.24) is 4.72 Å². The van der Waals surface area contributed by atoms with Gasteiger partial charge in [-0.1, -0.05) is 43.7 Å². The lowest BCUT2D eigenvalue weighted by Crippen LogP contribution is -2.49. The van der Waals surface area contributed by atoms with E-state index in [1.165, 1.54) is 11.1 Å². The molecule has 0 saturated heterocycles. The maximum atomic E-state index is 13.6. The fraction of sp³-hybridized carbons (Fsp3) is 0.559. The highest BCUT2D eigenvalue weighted by molar-refractivity contribution is 7.90. The Labute approximate surface area is 261 Å². The molecule has 232 valence electrons. The maximum absolute atomic E-state index is 13.6. The van der Waals surface area contributed by atoms with Gasteiger partial charge in [0.15, 0.2) is 0 Å². The first kappa shape index (κ1) is 30.5. The zero-order chi connectivity index (χ0) is 30.4. The number of benzene rings is 2. The molecule has 4 atom stereocenters. The van der Waals surface area contributed by atoms with Gasteiger partial charge >= 0.3 is 0 Å². The molecule has 0 radical (unpaired) electrons. The average molecular weight is 627 g/mol. The van der Waals surface area contributed by atoms with Gasteiger partial charge in [-0.15, -0.1) is 0 Å². The second-order valence-electron chi connectivity index (χ2n) is 13.6. The molecule has 9 heteroatoms. The Morgan fingerprint density at radius 2 is 1.93 bits per heavy atom. The molecule has 4 aliphatic rings. The van der Waals surface area contributed by atoms with Crippen LogP contribution in [0.25, 0.3) is 0 Å². The number of methoxy groups -OCH3 is 1. The quantitative estimate of drug-likeness (QED) is 0.368. The van der Waals surface area contributed by atoms with Gasteiger partial charge in [-0.25, -0.2) is 13.1 Å². The summed E-state index contributed by atoms with van der Waals surface area (Å²) in [7, 11) is -2.31. The van der Waals surface area contributed by atoms with Crippen molar-refractivity contribution < 1.29 is 22.7 Å². The van der Waals surface area contributed by atoms with E-state index in [0.717, 1.165) is 62.2 Å². The zero-order valence-corrected chi connectivity index (χ0v) is 27.0. The summed E-state index contributed by atoms with van der Waals surface area (Å²) in [5.41, 5.74) is 2.20. The minimum absolute atomic E-state index is 0.0201. The van der Waals surface area contributed by atoms with Gasteiger partial charge in [0.05, 0.1) is 23.3 Å². The van der Waals surface area contributed by atoms with Crippen molar-refractivity contribution in [2.45, 2.75) is 81.6 Å². The van der Waals surface area contributed by atoms with Crippen molar-refractivity contribution in [3.8, 4) is 5.75 Å². The van der Waals surface area contributed by atoms with Crippen molar-refractivity contribution in [3.63, 3.8) is 0 Å². The normalized spacial score (nSPS) is 30.8. The lowest BCUT2D eigenvalue weighted by molar-refractivity contribution is -0.127. The van der Waals surface area contributed by atoms with Gasteiger partial charge in [-0.3, -0.25) is 4.79 Å². The molecule has 2 aliphatic carbocycles. The number of hydrogen-bond donors (Lipinski definition) is 1. The van der Waals surface area contributed by atoms with Crippen LogP contribution in [0.3, 0.4) is 0 Å². The number of carbonyl (C=O) groups excluding carboxylic acids is 1. The van der Waals surface area contributed by atoms with Gasteiger partial charge < -0.3 is 14.4 Å². The molecule has 1 N–H and O–H groups in total. The largest absolute Gasteiger partial charge is 0.490 e. The van der Waals surface area contributed by atoms with Gasteiger partial charge in [0, 0.05) is 36.1 Å². The fourth-order valence-electron chi connectivity index (χ4n) is 7.52.